The van der Waals surface area contributed by atoms with Crippen LogP contribution < -0.4 is 4.90 Å². The Balaban J connectivity index is 1.77. The van der Waals surface area contributed by atoms with Crippen LogP contribution in [0.4, 0.5) is 5.69 Å². The third kappa shape index (κ3) is 4.25. The van der Waals surface area contributed by atoms with Crippen molar-refractivity contribution in [1.29, 1.82) is 0 Å². The fourth-order valence-electron chi connectivity index (χ4n) is 3.66. The number of phenols is 1. The lowest BCUT2D eigenvalue weighted by molar-refractivity contribution is -0.117. The number of rotatable bonds is 6. The number of carbonyl (C=O) groups excluding carboxylic acids is 3. The molecule has 2 heterocycles. The highest BCUT2D eigenvalue weighted by Gasteiger charge is 2.44. The average Bonchev–Trinajstić information content (AvgIpc) is 3.41. The molecule has 168 valence electrons. The Labute approximate surface area is 194 Å². The van der Waals surface area contributed by atoms with Crippen molar-refractivity contribution in [2.45, 2.75) is 26.0 Å². The molecule has 0 fully saturated rings. The van der Waals surface area contributed by atoms with Crippen LogP contribution in [0.15, 0.2) is 77.4 Å². The van der Waals surface area contributed by atoms with E-state index in [4.69, 9.17) is 4.74 Å². The molecule has 1 aliphatic rings. The fourth-order valence-corrected chi connectivity index (χ4v) is 4.33. The Bertz CT molecular complexity index is 1230. The van der Waals surface area contributed by atoms with Crippen molar-refractivity contribution in [3.8, 4) is 5.75 Å². The summed E-state index contributed by atoms with van der Waals surface area (Å²) in [5, 5.41) is 22.2. The first kappa shape index (κ1) is 22.3. The van der Waals surface area contributed by atoms with Crippen molar-refractivity contribution in [2.75, 3.05) is 4.90 Å². The number of esters is 1. The van der Waals surface area contributed by atoms with Crippen molar-refractivity contribution in [1.82, 2.24) is 0 Å². The Morgan fingerprint density at radius 3 is 2.24 bits per heavy atom. The minimum absolute atomic E-state index is 0.0296. The highest BCUT2D eigenvalue weighted by Crippen LogP contribution is 2.42. The molecule has 0 aliphatic carbocycles. The Kier molecular flexibility index (Phi) is 6.02. The summed E-state index contributed by atoms with van der Waals surface area (Å²) in [6.45, 7) is 3.50. The summed E-state index contributed by atoms with van der Waals surface area (Å²) in [5.41, 5.74) is 1.19. The number of ketones is 1. The van der Waals surface area contributed by atoms with E-state index in [0.717, 1.165) is 0 Å². The van der Waals surface area contributed by atoms with Crippen LogP contribution >= 0.6 is 11.3 Å². The van der Waals surface area contributed by atoms with Crippen LogP contribution in [0, 0.1) is 0 Å². The monoisotopic (exact) mass is 463 g/mol. The van der Waals surface area contributed by atoms with Crippen molar-refractivity contribution in [3.05, 3.63) is 93.4 Å². The number of Topliss-reactive ketones (excluding diaryl/α,β-unsaturated/α-hetero) is 1. The van der Waals surface area contributed by atoms with Crippen LogP contribution in [0.2, 0.25) is 0 Å². The Morgan fingerprint density at radius 1 is 1.00 bits per heavy atom. The molecule has 0 saturated carbocycles. The van der Waals surface area contributed by atoms with E-state index in [9.17, 15) is 24.6 Å². The van der Waals surface area contributed by atoms with Crippen molar-refractivity contribution >= 4 is 34.7 Å². The van der Waals surface area contributed by atoms with Gasteiger partial charge in [-0.3, -0.25) is 14.5 Å². The number of ether oxygens (including phenoxy) is 1. The minimum Gasteiger partial charge on any atom is -0.508 e. The maximum absolute atomic E-state index is 13.2. The van der Waals surface area contributed by atoms with Crippen molar-refractivity contribution in [2.24, 2.45) is 0 Å². The van der Waals surface area contributed by atoms with Gasteiger partial charge < -0.3 is 14.9 Å². The van der Waals surface area contributed by atoms with Gasteiger partial charge in [-0.25, -0.2) is 4.79 Å². The number of carbonyl (C=O) groups is 3. The second-order valence-corrected chi connectivity index (χ2v) is 8.69. The lowest BCUT2D eigenvalue weighted by Crippen LogP contribution is -2.31. The molecule has 0 saturated heterocycles. The Morgan fingerprint density at radius 2 is 1.67 bits per heavy atom. The van der Waals surface area contributed by atoms with Gasteiger partial charge in [-0.15, -0.1) is 11.3 Å². The number of anilines is 1. The van der Waals surface area contributed by atoms with E-state index in [1.807, 2.05) is 0 Å². The standard InChI is InChI=1S/C25H21NO6S/c1-14(2)32-25(31)16-5-9-17(10-6-16)26-21(15-7-11-18(27)12-8-15)20(23(29)24(26)30)22(28)19-4-3-13-33-19/h3-14,21,27,29H,1-2H3. The summed E-state index contributed by atoms with van der Waals surface area (Å²) < 4.78 is 5.20. The highest BCUT2D eigenvalue weighted by molar-refractivity contribution is 7.12. The zero-order valence-electron chi connectivity index (χ0n) is 17.9. The van der Waals surface area contributed by atoms with E-state index in [-0.39, 0.29) is 17.4 Å². The van der Waals surface area contributed by atoms with E-state index >= 15 is 0 Å². The number of phenolic OH excluding ortho intramolecular Hbond substituents is 1. The fraction of sp³-hybridized carbons (Fsp3) is 0.160. The van der Waals surface area contributed by atoms with E-state index in [0.29, 0.717) is 21.7 Å². The first-order valence-electron chi connectivity index (χ1n) is 10.2. The summed E-state index contributed by atoms with van der Waals surface area (Å²) in [6.07, 6.45) is -0.275. The van der Waals surface area contributed by atoms with Crippen molar-refractivity contribution < 1.29 is 29.3 Å². The van der Waals surface area contributed by atoms with Gasteiger partial charge in [0, 0.05) is 5.69 Å². The third-order valence-corrected chi connectivity index (χ3v) is 6.00. The zero-order valence-corrected chi connectivity index (χ0v) is 18.7. The van der Waals surface area contributed by atoms with Gasteiger partial charge in [-0.05, 0) is 67.3 Å². The number of aliphatic hydroxyl groups excluding tert-OH is 1. The molecule has 4 rings (SSSR count). The predicted molar refractivity (Wildman–Crippen MR) is 124 cm³/mol. The summed E-state index contributed by atoms with van der Waals surface area (Å²) in [4.78, 5) is 40.2. The lowest BCUT2D eigenvalue weighted by atomic mass is 9.95. The molecule has 1 aromatic heterocycles. The van der Waals surface area contributed by atoms with Crippen LogP contribution in [0.25, 0.3) is 0 Å². The van der Waals surface area contributed by atoms with E-state index in [2.05, 4.69) is 0 Å². The number of nitrogens with zero attached hydrogens (tertiary/aromatic N) is 1. The topological polar surface area (TPSA) is 104 Å². The number of aromatic hydroxyl groups is 1. The van der Waals surface area contributed by atoms with Crippen LogP contribution in [0.1, 0.15) is 45.5 Å². The largest absolute Gasteiger partial charge is 0.508 e. The van der Waals surface area contributed by atoms with Crippen LogP contribution in [-0.4, -0.2) is 34.0 Å². The molecule has 0 radical (unpaired) electrons. The van der Waals surface area contributed by atoms with E-state index in [1.165, 1.54) is 40.5 Å². The zero-order chi connectivity index (χ0) is 23.7. The van der Waals surface area contributed by atoms with E-state index < -0.39 is 29.5 Å². The van der Waals surface area contributed by atoms with Crippen LogP contribution in [0.3, 0.4) is 0 Å². The van der Waals surface area contributed by atoms with Gasteiger partial charge in [-0.1, -0.05) is 18.2 Å². The summed E-state index contributed by atoms with van der Waals surface area (Å²) in [7, 11) is 0. The molecule has 7 nitrogen and oxygen atoms in total. The lowest BCUT2D eigenvalue weighted by Gasteiger charge is -2.27. The number of hydrogen-bond donors (Lipinski definition) is 2. The first-order chi connectivity index (χ1) is 15.8. The van der Waals surface area contributed by atoms with Crippen LogP contribution in [-0.2, 0) is 9.53 Å². The quantitative estimate of drug-likeness (QED) is 0.402. The number of benzene rings is 2. The van der Waals surface area contributed by atoms with Gasteiger partial charge in [0.25, 0.3) is 5.91 Å². The molecule has 0 bridgehead atoms. The second kappa shape index (κ2) is 8.91. The molecule has 1 amide bonds. The van der Waals surface area contributed by atoms with Gasteiger partial charge in [0.2, 0.25) is 5.78 Å². The summed E-state index contributed by atoms with van der Waals surface area (Å²) in [5.74, 6) is -2.27. The molecule has 2 aromatic carbocycles. The maximum atomic E-state index is 13.2. The first-order valence-corrected chi connectivity index (χ1v) is 11.1. The smallest absolute Gasteiger partial charge is 0.338 e. The van der Waals surface area contributed by atoms with Gasteiger partial charge in [0.15, 0.2) is 5.76 Å². The average molecular weight is 464 g/mol. The number of hydrogen-bond acceptors (Lipinski definition) is 7. The molecule has 1 aliphatic heterocycles. The van der Waals surface area contributed by atoms with E-state index in [1.54, 1.807) is 55.6 Å². The van der Waals surface area contributed by atoms with Gasteiger partial charge >= 0.3 is 5.97 Å². The Hall–Kier alpha value is -3.91. The number of amides is 1. The predicted octanol–water partition coefficient (Wildman–Crippen LogP) is 4.80. The molecule has 0 spiro atoms. The summed E-state index contributed by atoms with van der Waals surface area (Å²) in [6, 6.07) is 14.7. The number of thiophene rings is 1. The SMILES string of the molecule is CC(C)OC(=O)c1ccc(N2C(=O)C(O)=C(C(=O)c3cccs3)C2c2ccc(O)cc2)cc1. The van der Waals surface area contributed by atoms with Gasteiger partial charge in [0.05, 0.1) is 28.2 Å². The highest BCUT2D eigenvalue weighted by atomic mass is 32.1. The second-order valence-electron chi connectivity index (χ2n) is 7.74. The van der Waals surface area contributed by atoms with Gasteiger partial charge in [0.1, 0.15) is 5.75 Å². The van der Waals surface area contributed by atoms with Gasteiger partial charge in [-0.2, -0.15) is 0 Å². The molecular formula is C25H21NO6S. The molecule has 8 heteroatoms. The minimum atomic E-state index is -0.916. The molecule has 3 aromatic rings. The number of aliphatic hydroxyl groups is 1. The molecule has 2 N–H and O–H groups in total. The summed E-state index contributed by atoms with van der Waals surface area (Å²) >= 11 is 1.21. The van der Waals surface area contributed by atoms with Crippen molar-refractivity contribution in [3.63, 3.8) is 0 Å². The normalized spacial score (nSPS) is 15.9. The maximum Gasteiger partial charge on any atom is 0.338 e. The third-order valence-electron chi connectivity index (χ3n) is 5.13. The molecular weight excluding hydrogens is 442 g/mol. The molecule has 33 heavy (non-hydrogen) atoms. The molecule has 1 unspecified atom stereocenters. The van der Waals surface area contributed by atoms with Crippen LogP contribution in [0.5, 0.6) is 5.75 Å². The molecule has 1 atom stereocenters.